The van der Waals surface area contributed by atoms with Crippen molar-refractivity contribution in [3.63, 3.8) is 0 Å². The second-order valence-electron chi connectivity index (χ2n) is 4.01. The third kappa shape index (κ3) is 2.48. The van der Waals surface area contributed by atoms with Gasteiger partial charge in [-0.1, -0.05) is 11.6 Å². The molecule has 0 saturated carbocycles. The maximum absolute atomic E-state index is 9.88. The molecule has 98 valence electrons. The van der Waals surface area contributed by atoms with Crippen LogP contribution in [0.2, 0.25) is 5.02 Å². The van der Waals surface area contributed by atoms with E-state index in [2.05, 4.69) is 0 Å². The molecule has 1 atom stereocenters. The average molecular weight is 272 g/mol. The molecule has 0 unspecified atom stereocenters. The van der Waals surface area contributed by atoms with Crippen molar-refractivity contribution in [2.75, 3.05) is 19.8 Å². The fourth-order valence-electron chi connectivity index (χ4n) is 2.01. The van der Waals surface area contributed by atoms with Gasteiger partial charge in [-0.3, -0.25) is 0 Å². The Morgan fingerprint density at radius 1 is 1.50 bits per heavy atom. The lowest BCUT2D eigenvalue weighted by Crippen LogP contribution is -2.30. The molecule has 0 radical (unpaired) electrons. The lowest BCUT2D eigenvalue weighted by Gasteiger charge is -2.13. The summed E-state index contributed by atoms with van der Waals surface area (Å²) in [7, 11) is -1.07. The molecule has 1 aliphatic rings. The summed E-state index contributed by atoms with van der Waals surface area (Å²) in [6, 6.07) is 3.38. The lowest BCUT2D eigenvalue weighted by atomic mass is 9.78. The first-order chi connectivity index (χ1) is 8.69. The number of benzene rings is 1. The molecule has 0 amide bonds. The fraction of sp³-hybridized carbons (Fsp3) is 0.455. The molecule has 0 fully saturated rings. The van der Waals surface area contributed by atoms with Crippen molar-refractivity contribution >= 4 is 24.2 Å². The topological polar surface area (TPSA) is 84.9 Å². The predicted octanol–water partition coefficient (Wildman–Crippen LogP) is -0.181. The molecule has 0 spiro atoms. The number of hydrogen-bond acceptors (Lipinski definition) is 5. The van der Waals surface area contributed by atoms with Crippen LogP contribution in [0.3, 0.4) is 0 Å². The van der Waals surface area contributed by atoms with Crippen LogP contribution in [0.5, 0.6) is 5.75 Å². The van der Waals surface area contributed by atoms with E-state index in [1.807, 2.05) is 0 Å². The molecule has 1 aromatic carbocycles. The number of hydrogen-bond donors (Lipinski definition) is 3. The monoisotopic (exact) mass is 271 g/mol. The van der Waals surface area contributed by atoms with Gasteiger partial charge in [0.1, 0.15) is 5.75 Å². The number of rotatable bonds is 5. The summed E-state index contributed by atoms with van der Waals surface area (Å²) >= 11 is 6.10. The normalized spacial score (nSPS) is 18.0. The van der Waals surface area contributed by atoms with E-state index < -0.39 is 13.2 Å². The maximum Gasteiger partial charge on any atom is 0.495 e. The third-order valence-corrected chi connectivity index (χ3v) is 3.16. The van der Waals surface area contributed by atoms with Gasteiger partial charge >= 0.3 is 7.12 Å². The Balaban J connectivity index is 2.31. The number of nitrogens with two attached hydrogens (primary N) is 1. The molecule has 18 heavy (non-hydrogen) atoms. The summed E-state index contributed by atoms with van der Waals surface area (Å²) < 4.78 is 10.8. The average Bonchev–Trinajstić information content (AvgIpc) is 2.71. The summed E-state index contributed by atoms with van der Waals surface area (Å²) in [6.45, 7) is 0.661. The zero-order chi connectivity index (χ0) is 13.1. The van der Waals surface area contributed by atoms with Gasteiger partial charge in [0, 0.05) is 35.6 Å². The Kier molecular flexibility index (Phi) is 4.47. The molecule has 1 aromatic rings. The van der Waals surface area contributed by atoms with Gasteiger partial charge in [0.25, 0.3) is 0 Å². The van der Waals surface area contributed by atoms with Crippen molar-refractivity contribution in [2.24, 2.45) is 5.73 Å². The highest BCUT2D eigenvalue weighted by atomic mass is 35.5. The molecule has 0 aliphatic carbocycles. The van der Waals surface area contributed by atoms with Crippen molar-refractivity contribution < 1.29 is 19.5 Å². The summed E-state index contributed by atoms with van der Waals surface area (Å²) in [5, 5.41) is 19.1. The highest BCUT2D eigenvalue weighted by molar-refractivity contribution is 6.63. The number of aliphatic hydroxyl groups excluding tert-OH is 1. The highest BCUT2D eigenvalue weighted by Crippen LogP contribution is 2.32. The van der Waals surface area contributed by atoms with Gasteiger partial charge < -0.3 is 25.3 Å². The smallest absolute Gasteiger partial charge is 0.494 e. The first kappa shape index (κ1) is 13.6. The van der Waals surface area contributed by atoms with Crippen LogP contribution in [0, 0.1) is 0 Å². The van der Waals surface area contributed by atoms with E-state index in [0.29, 0.717) is 34.8 Å². The molecule has 0 bridgehead atoms. The van der Waals surface area contributed by atoms with Gasteiger partial charge in [-0.05, 0) is 12.1 Å². The van der Waals surface area contributed by atoms with Crippen LogP contribution >= 0.6 is 11.6 Å². The van der Waals surface area contributed by atoms with E-state index in [-0.39, 0.29) is 13.2 Å². The van der Waals surface area contributed by atoms with Gasteiger partial charge in [0.05, 0.1) is 12.7 Å². The van der Waals surface area contributed by atoms with Crippen LogP contribution in [0.4, 0.5) is 0 Å². The SMILES string of the molecule is NC[C@H]1OB(O)c2c(OCCCO)ccc(Cl)c21. The molecule has 0 aromatic heterocycles. The van der Waals surface area contributed by atoms with Crippen molar-refractivity contribution in [3.05, 3.63) is 22.7 Å². The number of ether oxygens (including phenoxy) is 1. The standard InChI is InChI=1S/C11H15BClNO4/c13-7-2-3-8(17-5-1-4-15)11-10(7)9(6-14)18-12(11)16/h2-3,9,15-16H,1,4-6,14H2/t9-/m1/s1. The first-order valence-electron chi connectivity index (χ1n) is 5.78. The van der Waals surface area contributed by atoms with E-state index >= 15 is 0 Å². The first-order valence-corrected chi connectivity index (χ1v) is 6.16. The van der Waals surface area contributed by atoms with E-state index in [0.717, 1.165) is 0 Å². The Hall–Kier alpha value is -0.785. The molecular weight excluding hydrogens is 256 g/mol. The zero-order valence-corrected chi connectivity index (χ0v) is 10.6. The summed E-state index contributed by atoms with van der Waals surface area (Å²) in [4.78, 5) is 0. The van der Waals surface area contributed by atoms with Crippen molar-refractivity contribution in [1.82, 2.24) is 0 Å². The van der Waals surface area contributed by atoms with Crippen LogP contribution in [0.1, 0.15) is 18.1 Å². The summed E-state index contributed by atoms with van der Waals surface area (Å²) in [5.74, 6) is 0.520. The minimum Gasteiger partial charge on any atom is -0.494 e. The Labute approximate surface area is 111 Å². The van der Waals surface area contributed by atoms with Crippen LogP contribution in [0.25, 0.3) is 0 Å². The fourth-order valence-corrected chi connectivity index (χ4v) is 2.30. The molecule has 0 saturated heterocycles. The zero-order valence-electron chi connectivity index (χ0n) is 9.80. The minimum absolute atomic E-state index is 0.0558. The Morgan fingerprint density at radius 3 is 2.94 bits per heavy atom. The molecular formula is C11H15BClNO4. The summed E-state index contributed by atoms with van der Waals surface area (Å²) in [6.07, 6.45) is 0.109. The Morgan fingerprint density at radius 2 is 2.28 bits per heavy atom. The number of fused-ring (bicyclic) bond motifs is 1. The second kappa shape index (κ2) is 5.90. The van der Waals surface area contributed by atoms with Crippen LogP contribution in [-0.4, -0.2) is 37.0 Å². The van der Waals surface area contributed by atoms with Crippen molar-refractivity contribution in [2.45, 2.75) is 12.5 Å². The molecule has 4 N–H and O–H groups in total. The van der Waals surface area contributed by atoms with Crippen molar-refractivity contribution in [1.29, 1.82) is 0 Å². The molecule has 7 heteroatoms. The van der Waals surface area contributed by atoms with E-state index in [1.165, 1.54) is 0 Å². The number of halogens is 1. The van der Waals surface area contributed by atoms with Gasteiger partial charge in [-0.2, -0.15) is 0 Å². The summed E-state index contributed by atoms with van der Waals surface area (Å²) in [5.41, 5.74) is 6.81. The quantitative estimate of drug-likeness (QED) is 0.511. The molecule has 1 aliphatic heterocycles. The molecule has 1 heterocycles. The van der Waals surface area contributed by atoms with E-state index in [9.17, 15) is 5.02 Å². The minimum atomic E-state index is -1.07. The molecule has 2 rings (SSSR count). The van der Waals surface area contributed by atoms with Crippen LogP contribution < -0.4 is 15.9 Å². The molecule has 5 nitrogen and oxygen atoms in total. The predicted molar refractivity (Wildman–Crippen MR) is 69.1 cm³/mol. The van der Waals surface area contributed by atoms with Crippen LogP contribution in [-0.2, 0) is 4.65 Å². The van der Waals surface area contributed by atoms with E-state index in [1.54, 1.807) is 12.1 Å². The van der Waals surface area contributed by atoms with Gasteiger partial charge in [0.2, 0.25) is 0 Å². The van der Waals surface area contributed by atoms with Gasteiger partial charge in [0.15, 0.2) is 0 Å². The van der Waals surface area contributed by atoms with Gasteiger partial charge in [-0.15, -0.1) is 0 Å². The Bertz CT molecular complexity index is 432. The lowest BCUT2D eigenvalue weighted by molar-refractivity contribution is 0.198. The van der Waals surface area contributed by atoms with Crippen molar-refractivity contribution in [3.8, 4) is 5.75 Å². The largest absolute Gasteiger partial charge is 0.495 e. The third-order valence-electron chi connectivity index (χ3n) is 2.83. The maximum atomic E-state index is 9.88. The van der Waals surface area contributed by atoms with Crippen LogP contribution in [0.15, 0.2) is 12.1 Å². The van der Waals surface area contributed by atoms with Gasteiger partial charge in [-0.25, -0.2) is 0 Å². The number of aliphatic hydroxyl groups is 1. The second-order valence-corrected chi connectivity index (χ2v) is 4.42. The van der Waals surface area contributed by atoms with E-state index in [4.69, 9.17) is 31.8 Å². The highest BCUT2D eigenvalue weighted by Gasteiger charge is 2.39.